The average molecular weight is 475 g/mol. The van der Waals surface area contributed by atoms with Crippen LogP contribution < -0.4 is 4.74 Å². The van der Waals surface area contributed by atoms with Crippen molar-refractivity contribution in [3.8, 4) is 22.6 Å². The second-order valence-electron chi connectivity index (χ2n) is 10.4. The number of aromatic hydroxyl groups is 1. The van der Waals surface area contributed by atoms with Gasteiger partial charge in [0.2, 0.25) is 0 Å². The van der Waals surface area contributed by atoms with E-state index in [-0.39, 0.29) is 16.9 Å². The summed E-state index contributed by atoms with van der Waals surface area (Å²) in [5.41, 5.74) is 5.68. The zero-order valence-corrected chi connectivity index (χ0v) is 21.7. The highest BCUT2D eigenvalue weighted by molar-refractivity contribution is 5.99. The van der Waals surface area contributed by atoms with Crippen LogP contribution >= 0.6 is 0 Å². The molecular weight excluding hydrogens is 436 g/mol. The number of unbranched alkanes of at least 4 members (excludes halogenated alkanes) is 1. The summed E-state index contributed by atoms with van der Waals surface area (Å²) in [6.45, 7) is 11.7. The first kappa shape index (κ1) is 26.5. The zero-order chi connectivity index (χ0) is 25.4. The first-order valence-corrected chi connectivity index (χ1v) is 12.4. The van der Waals surface area contributed by atoms with E-state index in [4.69, 9.17) is 9.47 Å². The normalized spacial score (nSPS) is 11.5. The Kier molecular flexibility index (Phi) is 9.11. The highest BCUT2D eigenvalue weighted by atomic mass is 16.5. The SMILES string of the molecule is Cc1cccc(-c2cccc(COCCCCOc3ccc(C(=O)CC(C)(C)C)c(O)c3C)c2)c1. The van der Waals surface area contributed by atoms with Gasteiger partial charge in [0.25, 0.3) is 0 Å². The number of hydrogen-bond donors (Lipinski definition) is 1. The molecule has 0 saturated heterocycles. The van der Waals surface area contributed by atoms with Crippen LogP contribution in [0.2, 0.25) is 0 Å². The second kappa shape index (κ2) is 12.0. The lowest BCUT2D eigenvalue weighted by atomic mass is 9.87. The molecule has 0 saturated carbocycles. The van der Waals surface area contributed by atoms with Gasteiger partial charge in [0.1, 0.15) is 11.5 Å². The smallest absolute Gasteiger partial charge is 0.167 e. The summed E-state index contributed by atoms with van der Waals surface area (Å²) in [5.74, 6) is 0.586. The largest absolute Gasteiger partial charge is 0.507 e. The number of Topliss-reactive ketones (excluding diaryl/α,β-unsaturated/α-hetero) is 1. The van der Waals surface area contributed by atoms with E-state index in [0.29, 0.717) is 43.1 Å². The summed E-state index contributed by atoms with van der Waals surface area (Å²) in [5, 5.41) is 10.5. The van der Waals surface area contributed by atoms with Gasteiger partial charge < -0.3 is 14.6 Å². The lowest BCUT2D eigenvalue weighted by molar-refractivity contribution is 0.0937. The van der Waals surface area contributed by atoms with E-state index in [2.05, 4.69) is 55.5 Å². The molecule has 0 heterocycles. The maximum atomic E-state index is 12.5. The third-order valence-corrected chi connectivity index (χ3v) is 5.86. The van der Waals surface area contributed by atoms with Crippen LogP contribution in [0.1, 0.15) is 67.1 Å². The monoisotopic (exact) mass is 474 g/mol. The van der Waals surface area contributed by atoms with Crippen molar-refractivity contribution in [3.63, 3.8) is 0 Å². The molecule has 35 heavy (non-hydrogen) atoms. The highest BCUT2D eigenvalue weighted by Gasteiger charge is 2.21. The minimum absolute atomic E-state index is 0.0213. The molecule has 3 aromatic rings. The van der Waals surface area contributed by atoms with Gasteiger partial charge in [-0.2, -0.15) is 0 Å². The van der Waals surface area contributed by atoms with Gasteiger partial charge >= 0.3 is 0 Å². The Labute approximate surface area is 209 Å². The summed E-state index contributed by atoms with van der Waals surface area (Å²) < 4.78 is 11.7. The lowest BCUT2D eigenvalue weighted by Gasteiger charge is -2.18. The van der Waals surface area contributed by atoms with Crippen LogP contribution in [0, 0.1) is 19.3 Å². The minimum Gasteiger partial charge on any atom is -0.507 e. The number of ketones is 1. The van der Waals surface area contributed by atoms with Crippen molar-refractivity contribution in [3.05, 3.63) is 82.9 Å². The molecule has 0 atom stereocenters. The van der Waals surface area contributed by atoms with Crippen molar-refractivity contribution < 1.29 is 19.4 Å². The Bertz CT molecular complexity index is 1140. The summed E-state index contributed by atoms with van der Waals surface area (Å²) in [6.07, 6.45) is 2.11. The summed E-state index contributed by atoms with van der Waals surface area (Å²) in [7, 11) is 0. The Hall–Kier alpha value is -3.11. The molecule has 0 fully saturated rings. The van der Waals surface area contributed by atoms with Crippen molar-refractivity contribution in [1.82, 2.24) is 0 Å². The average Bonchev–Trinajstić information content (AvgIpc) is 2.80. The number of carbonyl (C=O) groups excluding carboxylic acids is 1. The third kappa shape index (κ3) is 7.97. The molecule has 0 aliphatic rings. The van der Waals surface area contributed by atoms with Gasteiger partial charge in [-0.25, -0.2) is 0 Å². The van der Waals surface area contributed by atoms with Crippen molar-refractivity contribution in [2.75, 3.05) is 13.2 Å². The Balaban J connectivity index is 1.41. The maximum Gasteiger partial charge on any atom is 0.167 e. The molecule has 4 nitrogen and oxygen atoms in total. The van der Waals surface area contributed by atoms with Crippen molar-refractivity contribution in [2.45, 2.75) is 60.5 Å². The molecular formula is C31H38O4. The minimum atomic E-state index is -0.126. The van der Waals surface area contributed by atoms with Crippen molar-refractivity contribution in [2.24, 2.45) is 5.41 Å². The van der Waals surface area contributed by atoms with Crippen molar-refractivity contribution >= 4 is 5.78 Å². The Morgan fingerprint density at radius 2 is 1.57 bits per heavy atom. The van der Waals surface area contributed by atoms with Gasteiger partial charge in [-0.15, -0.1) is 0 Å². The lowest BCUT2D eigenvalue weighted by Crippen LogP contribution is -2.13. The standard InChI is InChI=1S/C31H38O4/c1-22-10-8-12-25(18-22)26-13-9-11-24(19-26)21-34-16-6-7-17-35-29-15-14-27(30(33)23(29)2)28(32)20-31(3,4)5/h8-15,18-19,33H,6-7,16-17,20-21H2,1-5H3. The number of phenolic OH excluding ortho intramolecular Hbond substituents is 1. The number of aryl methyl sites for hydroxylation is 1. The number of hydrogen-bond acceptors (Lipinski definition) is 4. The van der Waals surface area contributed by atoms with Crippen molar-refractivity contribution in [1.29, 1.82) is 0 Å². The van der Waals surface area contributed by atoms with E-state index < -0.39 is 0 Å². The fourth-order valence-corrected chi connectivity index (χ4v) is 3.98. The number of rotatable bonds is 11. The molecule has 0 spiro atoms. The van der Waals surface area contributed by atoms with Gasteiger partial charge in [-0.1, -0.05) is 68.8 Å². The fourth-order valence-electron chi connectivity index (χ4n) is 3.98. The number of ether oxygens (including phenoxy) is 2. The van der Waals surface area contributed by atoms with Gasteiger partial charge in [0.05, 0.1) is 18.8 Å². The first-order valence-electron chi connectivity index (χ1n) is 12.4. The molecule has 0 aliphatic carbocycles. The van der Waals surface area contributed by atoms with Crippen LogP contribution in [-0.4, -0.2) is 24.1 Å². The quantitative estimate of drug-likeness (QED) is 0.229. The molecule has 0 aliphatic heterocycles. The second-order valence-corrected chi connectivity index (χ2v) is 10.4. The van der Waals surface area contributed by atoms with Crippen LogP contribution in [0.5, 0.6) is 11.5 Å². The third-order valence-electron chi connectivity index (χ3n) is 5.86. The molecule has 3 aromatic carbocycles. The van der Waals surface area contributed by atoms with E-state index >= 15 is 0 Å². The van der Waals surface area contributed by atoms with Gasteiger partial charge in [-0.05, 0) is 67.0 Å². The predicted molar refractivity (Wildman–Crippen MR) is 142 cm³/mol. The predicted octanol–water partition coefficient (Wildman–Crippen LogP) is 7.67. The van der Waals surface area contributed by atoms with Gasteiger partial charge in [0, 0.05) is 18.6 Å². The fraction of sp³-hybridized carbons (Fsp3) is 0.387. The molecule has 0 aromatic heterocycles. The van der Waals surface area contributed by atoms with E-state index in [9.17, 15) is 9.90 Å². The molecule has 186 valence electrons. The zero-order valence-electron chi connectivity index (χ0n) is 21.7. The van der Waals surface area contributed by atoms with E-state index in [1.54, 1.807) is 19.1 Å². The Morgan fingerprint density at radius 1 is 0.886 bits per heavy atom. The summed E-state index contributed by atoms with van der Waals surface area (Å²) in [6, 6.07) is 20.4. The van der Waals surface area contributed by atoms with Gasteiger partial charge in [0.15, 0.2) is 5.78 Å². The van der Waals surface area contributed by atoms with Crippen LogP contribution in [-0.2, 0) is 11.3 Å². The molecule has 0 bridgehead atoms. The molecule has 0 unspecified atom stereocenters. The first-order chi connectivity index (χ1) is 16.6. The number of carbonyl (C=O) groups is 1. The Morgan fingerprint density at radius 3 is 2.29 bits per heavy atom. The van der Waals surface area contributed by atoms with Crippen LogP contribution in [0.15, 0.2) is 60.7 Å². The van der Waals surface area contributed by atoms with E-state index in [0.717, 1.165) is 18.4 Å². The summed E-state index contributed by atoms with van der Waals surface area (Å²) in [4.78, 5) is 12.5. The van der Waals surface area contributed by atoms with E-state index in [1.807, 2.05) is 20.8 Å². The van der Waals surface area contributed by atoms with Crippen LogP contribution in [0.4, 0.5) is 0 Å². The van der Waals surface area contributed by atoms with Crippen LogP contribution in [0.25, 0.3) is 11.1 Å². The molecule has 1 N–H and O–H groups in total. The number of benzene rings is 3. The van der Waals surface area contributed by atoms with Gasteiger partial charge in [-0.3, -0.25) is 4.79 Å². The molecule has 0 amide bonds. The van der Waals surface area contributed by atoms with E-state index in [1.165, 1.54) is 16.7 Å². The molecule has 0 radical (unpaired) electrons. The maximum absolute atomic E-state index is 12.5. The topological polar surface area (TPSA) is 55.8 Å². The van der Waals surface area contributed by atoms with Crippen LogP contribution in [0.3, 0.4) is 0 Å². The highest BCUT2D eigenvalue weighted by Crippen LogP contribution is 2.33. The molecule has 3 rings (SSSR count). The molecule has 4 heteroatoms. The number of phenols is 1. The summed E-state index contributed by atoms with van der Waals surface area (Å²) >= 11 is 0.